The zero-order valence-corrected chi connectivity index (χ0v) is 17.4. The molecule has 4 heteroatoms. The van der Waals surface area contributed by atoms with E-state index in [2.05, 4.69) is 12.1 Å². The molecule has 1 N–H and O–H groups in total. The molecule has 0 saturated carbocycles. The molecule has 0 radical (unpaired) electrons. The highest BCUT2D eigenvalue weighted by Gasteiger charge is 2.69. The number of aliphatic hydroxyl groups excluding tert-OH is 1. The van der Waals surface area contributed by atoms with E-state index in [1.807, 2.05) is 67.6 Å². The highest BCUT2D eigenvalue weighted by atomic mass is 16.3. The van der Waals surface area contributed by atoms with E-state index in [1.54, 1.807) is 6.92 Å². The number of hydrogen-bond acceptors (Lipinski definition) is 3. The van der Waals surface area contributed by atoms with Crippen LogP contribution in [0.15, 0.2) is 72.8 Å². The van der Waals surface area contributed by atoms with E-state index in [0.717, 1.165) is 27.8 Å². The van der Waals surface area contributed by atoms with Crippen molar-refractivity contribution in [3.05, 3.63) is 101 Å². The maximum atomic E-state index is 14.0. The SMILES string of the molecule is Cc1ccccc1N1C(=O)[C@@H]2[C@@H](C1=O)C1c3ccccc3C2([C@H](C)O)c2ccccc21. The van der Waals surface area contributed by atoms with E-state index >= 15 is 0 Å². The molecule has 1 heterocycles. The highest BCUT2D eigenvalue weighted by Crippen LogP contribution is 2.65. The third-order valence-corrected chi connectivity index (χ3v) is 7.70. The number of benzene rings is 3. The molecule has 3 aromatic carbocycles. The van der Waals surface area contributed by atoms with Crippen LogP contribution in [0.5, 0.6) is 0 Å². The lowest BCUT2D eigenvalue weighted by molar-refractivity contribution is -0.126. The van der Waals surface area contributed by atoms with Crippen molar-refractivity contribution in [3.63, 3.8) is 0 Å². The number of nitrogens with zero attached hydrogens (tertiary/aromatic N) is 1. The maximum Gasteiger partial charge on any atom is 0.239 e. The summed E-state index contributed by atoms with van der Waals surface area (Å²) >= 11 is 0. The topological polar surface area (TPSA) is 57.6 Å². The highest BCUT2D eigenvalue weighted by molar-refractivity contribution is 6.24. The van der Waals surface area contributed by atoms with Gasteiger partial charge < -0.3 is 5.11 Å². The molecule has 154 valence electrons. The Kier molecular flexibility index (Phi) is 3.67. The largest absolute Gasteiger partial charge is 0.392 e. The molecule has 1 aliphatic heterocycles. The van der Waals surface area contributed by atoms with Crippen LogP contribution in [0.3, 0.4) is 0 Å². The fourth-order valence-corrected chi connectivity index (χ4v) is 6.59. The molecule has 0 aromatic heterocycles. The second-order valence-electron chi connectivity index (χ2n) is 9.00. The molecule has 3 aromatic rings. The van der Waals surface area contributed by atoms with E-state index in [1.165, 1.54) is 4.90 Å². The van der Waals surface area contributed by atoms with Crippen LogP contribution in [-0.2, 0) is 15.0 Å². The Labute approximate surface area is 181 Å². The standard InChI is InChI=1S/C27H23NO3/c1-15-9-3-8-14-21(15)28-25(30)23-22-17-10-4-6-12-19(17)27(16(2)29,24(23)26(28)31)20-13-7-5-11-18(20)22/h3-14,16,22-24,29H,1-2H3/t16-,22?,23-,24-,27?/m0/s1. The fourth-order valence-electron chi connectivity index (χ4n) is 6.59. The summed E-state index contributed by atoms with van der Waals surface area (Å²) in [4.78, 5) is 29.3. The van der Waals surface area contributed by atoms with Crippen molar-refractivity contribution < 1.29 is 14.7 Å². The summed E-state index contributed by atoms with van der Waals surface area (Å²) in [5, 5.41) is 11.3. The lowest BCUT2D eigenvalue weighted by atomic mass is 9.46. The molecule has 3 atom stereocenters. The van der Waals surface area contributed by atoms with Crippen LogP contribution >= 0.6 is 0 Å². The predicted molar refractivity (Wildman–Crippen MR) is 118 cm³/mol. The van der Waals surface area contributed by atoms with Gasteiger partial charge in [-0.05, 0) is 47.7 Å². The van der Waals surface area contributed by atoms with Crippen molar-refractivity contribution in [3.8, 4) is 0 Å². The van der Waals surface area contributed by atoms with Crippen molar-refractivity contribution >= 4 is 17.5 Å². The van der Waals surface area contributed by atoms with E-state index in [9.17, 15) is 14.7 Å². The third kappa shape index (κ3) is 2.04. The van der Waals surface area contributed by atoms with Gasteiger partial charge in [-0.2, -0.15) is 0 Å². The number of para-hydroxylation sites is 1. The molecular formula is C27H23NO3. The van der Waals surface area contributed by atoms with Crippen molar-refractivity contribution in [1.82, 2.24) is 0 Å². The van der Waals surface area contributed by atoms with Crippen LogP contribution in [0.2, 0.25) is 0 Å². The summed E-state index contributed by atoms with van der Waals surface area (Å²) < 4.78 is 0. The normalized spacial score (nSPS) is 28.9. The zero-order chi connectivity index (χ0) is 21.5. The first-order chi connectivity index (χ1) is 15.0. The molecule has 1 fully saturated rings. The Morgan fingerprint density at radius 3 is 1.97 bits per heavy atom. The van der Waals surface area contributed by atoms with Gasteiger partial charge in [0.15, 0.2) is 0 Å². The number of rotatable bonds is 2. The van der Waals surface area contributed by atoms with Crippen LogP contribution < -0.4 is 4.90 Å². The van der Waals surface area contributed by atoms with Gasteiger partial charge in [-0.25, -0.2) is 4.90 Å². The molecule has 1 saturated heterocycles. The van der Waals surface area contributed by atoms with Gasteiger partial charge >= 0.3 is 0 Å². The molecule has 2 bridgehead atoms. The number of aliphatic hydroxyl groups is 1. The van der Waals surface area contributed by atoms with Crippen LogP contribution in [0.4, 0.5) is 5.69 Å². The lowest BCUT2D eigenvalue weighted by Crippen LogP contribution is -2.58. The minimum absolute atomic E-state index is 0.164. The summed E-state index contributed by atoms with van der Waals surface area (Å²) in [6, 6.07) is 23.5. The first kappa shape index (κ1) is 18.5. The molecule has 0 spiro atoms. The van der Waals surface area contributed by atoms with E-state index < -0.39 is 23.4 Å². The summed E-state index contributed by atoms with van der Waals surface area (Å²) in [5.41, 5.74) is 4.63. The van der Waals surface area contributed by atoms with E-state index in [0.29, 0.717) is 5.69 Å². The number of imide groups is 1. The molecule has 7 rings (SSSR count). The van der Waals surface area contributed by atoms with E-state index in [-0.39, 0.29) is 17.7 Å². The molecule has 4 aliphatic rings. The number of hydrogen-bond donors (Lipinski definition) is 1. The zero-order valence-electron chi connectivity index (χ0n) is 17.4. The summed E-state index contributed by atoms with van der Waals surface area (Å²) in [7, 11) is 0. The van der Waals surface area contributed by atoms with Crippen molar-refractivity contribution in [2.24, 2.45) is 11.8 Å². The maximum absolute atomic E-state index is 14.0. The molecular weight excluding hydrogens is 386 g/mol. The summed E-state index contributed by atoms with van der Waals surface area (Å²) in [6.07, 6.45) is -0.836. The Hall–Kier alpha value is -3.24. The van der Waals surface area contributed by atoms with Gasteiger partial charge in [0.1, 0.15) is 0 Å². The van der Waals surface area contributed by atoms with E-state index in [4.69, 9.17) is 0 Å². The third-order valence-electron chi connectivity index (χ3n) is 7.70. The fraction of sp³-hybridized carbons (Fsp3) is 0.259. The Balaban J connectivity index is 1.68. The van der Waals surface area contributed by atoms with Crippen molar-refractivity contribution in [1.29, 1.82) is 0 Å². The number of carbonyl (C=O) groups is 2. The van der Waals surface area contributed by atoms with Gasteiger partial charge in [0, 0.05) is 5.92 Å². The molecule has 2 amide bonds. The number of carbonyl (C=O) groups excluding carboxylic acids is 2. The minimum Gasteiger partial charge on any atom is -0.392 e. The average Bonchev–Trinajstić information content (AvgIpc) is 3.05. The smallest absolute Gasteiger partial charge is 0.239 e. The number of aryl methyl sites for hydroxylation is 1. The van der Waals surface area contributed by atoms with Gasteiger partial charge in [-0.3, -0.25) is 9.59 Å². The first-order valence-electron chi connectivity index (χ1n) is 10.8. The molecule has 4 nitrogen and oxygen atoms in total. The van der Waals surface area contributed by atoms with Crippen LogP contribution in [0.1, 0.15) is 40.7 Å². The van der Waals surface area contributed by atoms with Crippen LogP contribution in [0, 0.1) is 18.8 Å². The lowest BCUT2D eigenvalue weighted by Gasteiger charge is -2.55. The molecule has 0 unspecified atom stereocenters. The van der Waals surface area contributed by atoms with Gasteiger partial charge in [-0.15, -0.1) is 0 Å². The van der Waals surface area contributed by atoms with Crippen LogP contribution in [0.25, 0.3) is 0 Å². The van der Waals surface area contributed by atoms with Gasteiger partial charge in [0.05, 0.1) is 29.0 Å². The first-order valence-corrected chi connectivity index (χ1v) is 10.8. The molecule has 3 aliphatic carbocycles. The van der Waals surface area contributed by atoms with Gasteiger partial charge in [-0.1, -0.05) is 66.7 Å². The van der Waals surface area contributed by atoms with Crippen molar-refractivity contribution in [2.45, 2.75) is 31.3 Å². The summed E-state index contributed by atoms with van der Waals surface area (Å²) in [6.45, 7) is 3.67. The summed E-state index contributed by atoms with van der Waals surface area (Å²) in [5.74, 6) is -1.72. The van der Waals surface area contributed by atoms with Gasteiger partial charge in [0.25, 0.3) is 0 Å². The van der Waals surface area contributed by atoms with Crippen LogP contribution in [-0.4, -0.2) is 23.0 Å². The van der Waals surface area contributed by atoms with Gasteiger partial charge in [0.2, 0.25) is 11.8 Å². The Morgan fingerprint density at radius 1 is 0.839 bits per heavy atom. The second kappa shape index (κ2) is 6.14. The predicted octanol–water partition coefficient (Wildman–Crippen LogP) is 3.93. The molecule has 31 heavy (non-hydrogen) atoms. The second-order valence-corrected chi connectivity index (χ2v) is 9.00. The Bertz CT molecular complexity index is 1210. The quantitative estimate of drug-likeness (QED) is 0.653. The number of amides is 2. The van der Waals surface area contributed by atoms with Crippen molar-refractivity contribution in [2.75, 3.05) is 4.90 Å². The monoisotopic (exact) mass is 409 g/mol. The number of anilines is 1. The Morgan fingerprint density at radius 2 is 1.39 bits per heavy atom. The minimum atomic E-state index is -0.948. The average molecular weight is 409 g/mol.